The highest BCUT2D eigenvalue weighted by molar-refractivity contribution is 5.66. The van der Waals surface area contributed by atoms with Crippen molar-refractivity contribution in [2.45, 2.75) is 83.3 Å². The van der Waals surface area contributed by atoms with Crippen molar-refractivity contribution in [2.75, 3.05) is 0 Å². The van der Waals surface area contributed by atoms with Crippen LogP contribution in [0.15, 0.2) is 24.3 Å². The van der Waals surface area contributed by atoms with Gasteiger partial charge in [-0.3, -0.25) is 4.79 Å². The van der Waals surface area contributed by atoms with Crippen molar-refractivity contribution in [1.82, 2.24) is 0 Å². The highest BCUT2D eigenvalue weighted by atomic mass is 16.6. The molecule has 0 bridgehead atoms. The van der Waals surface area contributed by atoms with Crippen molar-refractivity contribution in [2.24, 2.45) is 0 Å². The van der Waals surface area contributed by atoms with Crippen LogP contribution in [0.1, 0.15) is 71.1 Å². The first-order valence-electron chi connectivity index (χ1n) is 8.41. The molecule has 21 heavy (non-hydrogen) atoms. The van der Waals surface area contributed by atoms with Crippen molar-refractivity contribution in [3.63, 3.8) is 0 Å². The Kier molecular flexibility index (Phi) is 9.88. The summed E-state index contributed by atoms with van der Waals surface area (Å²) in [7, 11) is 0. The lowest BCUT2D eigenvalue weighted by Crippen LogP contribution is -1.92. The number of unbranched alkanes of at least 4 members (excludes halogenated alkanes) is 4. The van der Waals surface area contributed by atoms with Gasteiger partial charge >= 0.3 is 5.97 Å². The van der Waals surface area contributed by atoms with Gasteiger partial charge in [0, 0.05) is 6.42 Å². The summed E-state index contributed by atoms with van der Waals surface area (Å²) in [4.78, 5) is 10.3. The number of rotatable bonds is 13. The molecule has 0 aromatic heterocycles. The number of carbonyl (C=O) groups is 1. The second-order valence-electron chi connectivity index (χ2n) is 5.76. The fourth-order valence-electron chi connectivity index (χ4n) is 2.39. The third-order valence-electron chi connectivity index (χ3n) is 3.77. The summed E-state index contributed by atoms with van der Waals surface area (Å²) >= 11 is 0. The Morgan fingerprint density at radius 1 is 1.05 bits per heavy atom. The van der Waals surface area contributed by atoms with E-state index in [1.807, 2.05) is 0 Å². The summed E-state index contributed by atoms with van der Waals surface area (Å²) in [6.45, 7) is 2.23. The number of carboxylic acids is 1. The van der Waals surface area contributed by atoms with E-state index in [0.29, 0.717) is 12.2 Å². The van der Waals surface area contributed by atoms with Crippen LogP contribution in [-0.2, 0) is 9.53 Å². The molecule has 0 aromatic rings. The quantitative estimate of drug-likeness (QED) is 0.299. The second-order valence-corrected chi connectivity index (χ2v) is 5.76. The predicted molar refractivity (Wildman–Crippen MR) is 86.4 cm³/mol. The Morgan fingerprint density at radius 2 is 1.86 bits per heavy atom. The molecule has 2 atom stereocenters. The van der Waals surface area contributed by atoms with E-state index >= 15 is 0 Å². The summed E-state index contributed by atoms with van der Waals surface area (Å²) in [5.74, 6) is -0.697. The summed E-state index contributed by atoms with van der Waals surface area (Å²) in [5, 5.41) is 8.50. The number of hydrogen-bond donors (Lipinski definition) is 1. The average Bonchev–Trinajstić information content (AvgIpc) is 3.19. The van der Waals surface area contributed by atoms with E-state index in [2.05, 4.69) is 31.2 Å². The summed E-state index contributed by atoms with van der Waals surface area (Å²) < 4.78 is 5.64. The third kappa shape index (κ3) is 10.3. The molecule has 1 aliphatic heterocycles. The molecule has 1 N–H and O–H groups in total. The van der Waals surface area contributed by atoms with Crippen LogP contribution in [0.5, 0.6) is 0 Å². The molecule has 0 spiro atoms. The van der Waals surface area contributed by atoms with Gasteiger partial charge in [0.25, 0.3) is 0 Å². The lowest BCUT2D eigenvalue weighted by molar-refractivity contribution is -0.137. The molecule has 1 saturated heterocycles. The number of aliphatic carboxylic acids is 1. The first-order chi connectivity index (χ1) is 10.2. The molecule has 0 radical (unpaired) electrons. The van der Waals surface area contributed by atoms with E-state index in [4.69, 9.17) is 9.84 Å². The largest absolute Gasteiger partial charge is 0.481 e. The average molecular weight is 294 g/mol. The lowest BCUT2D eigenvalue weighted by Gasteiger charge is -1.93. The smallest absolute Gasteiger partial charge is 0.303 e. The third-order valence-corrected chi connectivity index (χ3v) is 3.77. The standard InChI is InChI=1S/C18H30O3/c1-2-3-10-13-16-17(21-16)14-11-8-6-4-5-7-9-12-15-18(19)20/h4-5,8,11,16-17H,2-3,6-7,9-10,12-15H2,1H3,(H,19,20)/t16-,17-/m1/s1. The molecule has 1 aliphatic rings. The summed E-state index contributed by atoms with van der Waals surface area (Å²) in [5.41, 5.74) is 0. The van der Waals surface area contributed by atoms with Gasteiger partial charge in [0.05, 0.1) is 12.2 Å². The maximum atomic E-state index is 10.3. The second kappa shape index (κ2) is 11.6. The number of epoxide rings is 1. The van der Waals surface area contributed by atoms with Gasteiger partial charge in [0.2, 0.25) is 0 Å². The Bertz CT molecular complexity index is 333. The Morgan fingerprint density at radius 3 is 2.62 bits per heavy atom. The Balaban J connectivity index is 1.88. The van der Waals surface area contributed by atoms with Gasteiger partial charge in [-0.25, -0.2) is 0 Å². The van der Waals surface area contributed by atoms with Gasteiger partial charge in [-0.05, 0) is 38.5 Å². The first kappa shape index (κ1) is 18.0. The van der Waals surface area contributed by atoms with Crippen LogP contribution in [0.4, 0.5) is 0 Å². The van der Waals surface area contributed by atoms with Crippen LogP contribution >= 0.6 is 0 Å². The van der Waals surface area contributed by atoms with Gasteiger partial charge in [-0.15, -0.1) is 0 Å². The molecule has 0 saturated carbocycles. The maximum Gasteiger partial charge on any atom is 0.303 e. The monoisotopic (exact) mass is 294 g/mol. The normalized spacial score (nSPS) is 21.4. The van der Waals surface area contributed by atoms with Gasteiger partial charge in [-0.2, -0.15) is 0 Å². The molecule has 0 amide bonds. The molecule has 120 valence electrons. The number of allylic oxidation sites excluding steroid dienone is 3. The van der Waals surface area contributed by atoms with Gasteiger partial charge in [-0.1, -0.05) is 50.5 Å². The molecule has 0 unspecified atom stereocenters. The zero-order valence-corrected chi connectivity index (χ0v) is 13.3. The highest BCUT2D eigenvalue weighted by Crippen LogP contribution is 2.30. The first-order valence-corrected chi connectivity index (χ1v) is 8.41. The minimum Gasteiger partial charge on any atom is -0.481 e. The van der Waals surface area contributed by atoms with Crippen LogP contribution in [0.25, 0.3) is 0 Å². The van der Waals surface area contributed by atoms with Gasteiger partial charge in [0.1, 0.15) is 0 Å². The topological polar surface area (TPSA) is 49.8 Å². The zero-order chi connectivity index (χ0) is 15.3. The van der Waals surface area contributed by atoms with Gasteiger partial charge < -0.3 is 9.84 Å². The molecule has 1 fully saturated rings. The van der Waals surface area contributed by atoms with Crippen molar-refractivity contribution in [3.05, 3.63) is 24.3 Å². The van der Waals surface area contributed by atoms with Crippen LogP contribution in [0, 0.1) is 0 Å². The Hall–Kier alpha value is -1.09. The number of carboxylic acid groups (broad SMARTS) is 1. The molecule has 1 heterocycles. The lowest BCUT2D eigenvalue weighted by atomic mass is 10.1. The molecule has 3 nitrogen and oxygen atoms in total. The minimum atomic E-state index is -0.697. The fraction of sp³-hybridized carbons (Fsp3) is 0.722. The fourth-order valence-corrected chi connectivity index (χ4v) is 2.39. The van der Waals surface area contributed by atoms with Crippen LogP contribution in [-0.4, -0.2) is 23.3 Å². The van der Waals surface area contributed by atoms with E-state index in [9.17, 15) is 4.79 Å². The van der Waals surface area contributed by atoms with Crippen molar-refractivity contribution >= 4 is 5.97 Å². The molecular weight excluding hydrogens is 264 g/mol. The summed E-state index contributed by atoms with van der Waals surface area (Å²) in [6.07, 6.45) is 19.8. The maximum absolute atomic E-state index is 10.3. The van der Waals surface area contributed by atoms with E-state index in [1.54, 1.807) is 0 Å². The van der Waals surface area contributed by atoms with Gasteiger partial charge in [0.15, 0.2) is 0 Å². The van der Waals surface area contributed by atoms with Crippen LogP contribution in [0.3, 0.4) is 0 Å². The highest BCUT2D eigenvalue weighted by Gasteiger charge is 2.36. The van der Waals surface area contributed by atoms with Crippen molar-refractivity contribution in [3.8, 4) is 0 Å². The molecule has 0 aliphatic carbocycles. The molecule has 3 heteroatoms. The molecule has 1 rings (SSSR count). The number of ether oxygens (including phenoxy) is 1. The number of hydrogen-bond acceptors (Lipinski definition) is 2. The van der Waals surface area contributed by atoms with Crippen molar-refractivity contribution in [1.29, 1.82) is 0 Å². The van der Waals surface area contributed by atoms with E-state index in [0.717, 1.165) is 32.1 Å². The minimum absolute atomic E-state index is 0.286. The van der Waals surface area contributed by atoms with Crippen molar-refractivity contribution < 1.29 is 14.6 Å². The van der Waals surface area contributed by atoms with E-state index in [1.165, 1.54) is 25.7 Å². The van der Waals surface area contributed by atoms with E-state index in [-0.39, 0.29) is 6.42 Å². The predicted octanol–water partition coefficient (Wildman–Crippen LogP) is 4.87. The molecular formula is C18H30O3. The van der Waals surface area contributed by atoms with Crippen LogP contribution in [0.2, 0.25) is 0 Å². The molecule has 0 aromatic carbocycles. The SMILES string of the molecule is CCCCC[C@H]1O[C@@H]1CC=CCC=CCCCCC(=O)O. The Labute approximate surface area is 129 Å². The zero-order valence-electron chi connectivity index (χ0n) is 13.3. The summed E-state index contributed by atoms with van der Waals surface area (Å²) in [6, 6.07) is 0. The van der Waals surface area contributed by atoms with E-state index < -0.39 is 5.97 Å². The van der Waals surface area contributed by atoms with Crippen LogP contribution < -0.4 is 0 Å².